The van der Waals surface area contributed by atoms with Crippen molar-refractivity contribution < 1.29 is 14.4 Å². The van der Waals surface area contributed by atoms with Gasteiger partial charge >= 0.3 is 0 Å². The van der Waals surface area contributed by atoms with Gasteiger partial charge in [0.15, 0.2) is 0 Å². The van der Waals surface area contributed by atoms with Crippen molar-refractivity contribution in [2.24, 2.45) is 0 Å². The molecule has 1 aliphatic rings. The zero-order chi connectivity index (χ0) is 18.2. The minimum atomic E-state index is -0.203. The largest absolute Gasteiger partial charge is 0.355 e. The molecule has 1 heterocycles. The number of nitrogens with one attached hydrogen (secondary N) is 2. The third kappa shape index (κ3) is 5.29. The molecule has 2 N–H and O–H groups in total. The highest BCUT2D eigenvalue weighted by Crippen LogP contribution is 2.29. The summed E-state index contributed by atoms with van der Waals surface area (Å²) in [5.41, 5.74) is 1.35. The fraction of sp³-hybridized carbons (Fsp3) is 0.500. The molecule has 0 aliphatic carbocycles. The highest BCUT2D eigenvalue weighted by molar-refractivity contribution is 6.02. The fourth-order valence-corrected chi connectivity index (χ4v) is 2.85. The predicted octanol–water partition coefficient (Wildman–Crippen LogP) is 1.21. The Kier molecular flexibility index (Phi) is 6.94. The monoisotopic (exact) mass is 346 g/mol. The molecule has 7 nitrogen and oxygen atoms in total. The first kappa shape index (κ1) is 18.9. The van der Waals surface area contributed by atoms with Crippen LogP contribution in [0.1, 0.15) is 26.7 Å². The minimum Gasteiger partial charge on any atom is -0.355 e. The first-order valence-electron chi connectivity index (χ1n) is 8.73. The van der Waals surface area contributed by atoms with Crippen LogP contribution in [0.4, 0.5) is 11.4 Å². The van der Waals surface area contributed by atoms with Crippen LogP contribution in [-0.4, -0.2) is 55.3 Å². The topological polar surface area (TPSA) is 81.8 Å². The molecule has 0 aromatic heterocycles. The van der Waals surface area contributed by atoms with Gasteiger partial charge in [0.05, 0.1) is 24.5 Å². The van der Waals surface area contributed by atoms with Crippen LogP contribution < -0.4 is 15.5 Å². The molecular formula is C18H26N4O3. The second-order valence-electron chi connectivity index (χ2n) is 5.97. The minimum absolute atomic E-state index is 0.0770. The SMILES string of the molecule is CCNC(=O)CN(CC)CC(=O)Nc1ccccc1N1CCCC1=O. The smallest absolute Gasteiger partial charge is 0.238 e. The van der Waals surface area contributed by atoms with Crippen LogP contribution in [0.2, 0.25) is 0 Å². The van der Waals surface area contributed by atoms with Crippen LogP contribution in [0.5, 0.6) is 0 Å². The number of amides is 3. The number of carbonyl (C=O) groups excluding carboxylic acids is 3. The first-order chi connectivity index (χ1) is 12.0. The van der Waals surface area contributed by atoms with Crippen molar-refractivity contribution in [3.63, 3.8) is 0 Å². The van der Waals surface area contributed by atoms with Gasteiger partial charge in [-0.1, -0.05) is 19.1 Å². The second kappa shape index (κ2) is 9.17. The fourth-order valence-electron chi connectivity index (χ4n) is 2.85. The molecule has 0 bridgehead atoms. The number of likely N-dealkylation sites (N-methyl/N-ethyl adjacent to an activating group) is 2. The molecule has 0 radical (unpaired) electrons. The standard InChI is InChI=1S/C18H26N4O3/c1-3-19-16(23)12-21(4-2)13-17(24)20-14-8-5-6-9-15(14)22-11-7-10-18(22)25/h5-6,8-9H,3-4,7,10-13H2,1-2H3,(H,19,23)(H,20,24). The van der Waals surface area contributed by atoms with Crippen molar-refractivity contribution in [1.82, 2.24) is 10.2 Å². The summed E-state index contributed by atoms with van der Waals surface area (Å²) >= 11 is 0. The Balaban J connectivity index is 2.00. The highest BCUT2D eigenvalue weighted by atomic mass is 16.2. The van der Waals surface area contributed by atoms with Gasteiger partial charge in [-0.2, -0.15) is 0 Å². The number of anilines is 2. The lowest BCUT2D eigenvalue weighted by atomic mass is 10.2. The van der Waals surface area contributed by atoms with Crippen LogP contribution in [0.25, 0.3) is 0 Å². The number of rotatable bonds is 8. The molecule has 25 heavy (non-hydrogen) atoms. The van der Waals surface area contributed by atoms with E-state index in [-0.39, 0.29) is 30.8 Å². The quantitative estimate of drug-likeness (QED) is 0.741. The van der Waals surface area contributed by atoms with Crippen LogP contribution in [-0.2, 0) is 14.4 Å². The van der Waals surface area contributed by atoms with Crippen molar-refractivity contribution in [2.45, 2.75) is 26.7 Å². The summed E-state index contributed by atoms with van der Waals surface area (Å²) in [5.74, 6) is -0.224. The maximum atomic E-state index is 12.4. The van der Waals surface area contributed by atoms with Crippen molar-refractivity contribution in [3.05, 3.63) is 24.3 Å². The van der Waals surface area contributed by atoms with E-state index >= 15 is 0 Å². The summed E-state index contributed by atoms with van der Waals surface area (Å²) in [6, 6.07) is 7.31. The van der Waals surface area contributed by atoms with Gasteiger partial charge in [-0.15, -0.1) is 0 Å². The summed E-state index contributed by atoms with van der Waals surface area (Å²) in [6.07, 6.45) is 1.37. The number of hydrogen-bond donors (Lipinski definition) is 2. The molecular weight excluding hydrogens is 320 g/mol. The molecule has 1 aromatic rings. The Labute approximate surface area is 148 Å². The number of nitrogens with zero attached hydrogens (tertiary/aromatic N) is 2. The van der Waals surface area contributed by atoms with Crippen LogP contribution in [0, 0.1) is 0 Å². The van der Waals surface area contributed by atoms with Gasteiger partial charge in [0.2, 0.25) is 17.7 Å². The lowest BCUT2D eigenvalue weighted by Crippen LogP contribution is -2.41. The maximum absolute atomic E-state index is 12.4. The Bertz CT molecular complexity index is 633. The summed E-state index contributed by atoms with van der Waals surface area (Å²) in [6.45, 7) is 5.90. The molecule has 1 aromatic carbocycles. The Morgan fingerprint density at radius 3 is 2.52 bits per heavy atom. The van der Waals surface area contributed by atoms with Gasteiger partial charge in [0.1, 0.15) is 0 Å². The van der Waals surface area contributed by atoms with Crippen molar-refractivity contribution in [1.29, 1.82) is 0 Å². The normalized spacial score (nSPS) is 14.0. The summed E-state index contributed by atoms with van der Waals surface area (Å²) in [7, 11) is 0. The van der Waals surface area contributed by atoms with Crippen molar-refractivity contribution in [2.75, 3.05) is 42.9 Å². The maximum Gasteiger partial charge on any atom is 0.238 e. The van der Waals surface area contributed by atoms with Gasteiger partial charge < -0.3 is 15.5 Å². The third-order valence-corrected chi connectivity index (χ3v) is 4.10. The molecule has 2 rings (SSSR count). The van der Waals surface area contributed by atoms with E-state index in [1.165, 1.54) is 0 Å². The van der Waals surface area contributed by atoms with Gasteiger partial charge in [-0.3, -0.25) is 19.3 Å². The van der Waals surface area contributed by atoms with Gasteiger partial charge in [-0.05, 0) is 32.0 Å². The molecule has 0 saturated carbocycles. The Morgan fingerprint density at radius 1 is 1.16 bits per heavy atom. The summed E-state index contributed by atoms with van der Waals surface area (Å²) in [5, 5.41) is 5.60. The number of hydrogen-bond acceptors (Lipinski definition) is 4. The van der Waals surface area contributed by atoms with Gasteiger partial charge in [0.25, 0.3) is 0 Å². The molecule has 1 aliphatic heterocycles. The number of benzene rings is 1. The summed E-state index contributed by atoms with van der Waals surface area (Å²) < 4.78 is 0. The zero-order valence-electron chi connectivity index (χ0n) is 14.9. The molecule has 0 unspecified atom stereocenters. The molecule has 1 fully saturated rings. The second-order valence-corrected chi connectivity index (χ2v) is 5.97. The van der Waals surface area contributed by atoms with E-state index in [0.29, 0.717) is 31.7 Å². The average Bonchev–Trinajstić information content (AvgIpc) is 3.00. The number of para-hydroxylation sites is 2. The lowest BCUT2D eigenvalue weighted by Gasteiger charge is -2.22. The highest BCUT2D eigenvalue weighted by Gasteiger charge is 2.24. The zero-order valence-corrected chi connectivity index (χ0v) is 14.9. The van der Waals surface area contributed by atoms with E-state index in [1.807, 2.05) is 32.0 Å². The van der Waals surface area contributed by atoms with Crippen LogP contribution in [0.15, 0.2) is 24.3 Å². The van der Waals surface area contributed by atoms with E-state index in [4.69, 9.17) is 0 Å². The average molecular weight is 346 g/mol. The van der Waals surface area contributed by atoms with Gasteiger partial charge in [0, 0.05) is 19.5 Å². The lowest BCUT2D eigenvalue weighted by molar-refractivity contribution is -0.123. The summed E-state index contributed by atoms with van der Waals surface area (Å²) in [4.78, 5) is 39.5. The Hall–Kier alpha value is -2.41. The van der Waals surface area contributed by atoms with Crippen LogP contribution >= 0.6 is 0 Å². The molecule has 0 atom stereocenters. The van der Waals surface area contributed by atoms with Crippen molar-refractivity contribution in [3.8, 4) is 0 Å². The van der Waals surface area contributed by atoms with E-state index in [9.17, 15) is 14.4 Å². The molecule has 136 valence electrons. The van der Waals surface area contributed by atoms with E-state index in [0.717, 1.165) is 12.1 Å². The van der Waals surface area contributed by atoms with E-state index < -0.39 is 0 Å². The van der Waals surface area contributed by atoms with Crippen molar-refractivity contribution >= 4 is 29.1 Å². The molecule has 7 heteroatoms. The molecule has 1 saturated heterocycles. The predicted molar refractivity (Wildman–Crippen MR) is 97.5 cm³/mol. The third-order valence-electron chi connectivity index (χ3n) is 4.10. The Morgan fingerprint density at radius 2 is 1.88 bits per heavy atom. The van der Waals surface area contributed by atoms with E-state index in [2.05, 4.69) is 10.6 Å². The number of carbonyl (C=O) groups is 3. The molecule has 3 amide bonds. The van der Waals surface area contributed by atoms with Gasteiger partial charge in [-0.25, -0.2) is 0 Å². The van der Waals surface area contributed by atoms with Crippen LogP contribution in [0.3, 0.4) is 0 Å². The molecule has 0 spiro atoms. The van der Waals surface area contributed by atoms with E-state index in [1.54, 1.807) is 15.9 Å². The first-order valence-corrected chi connectivity index (χ1v) is 8.73.